The number of nitro groups is 1. The molecule has 0 bridgehead atoms. The smallest absolute Gasteiger partial charge is 0.269 e. The monoisotopic (exact) mass is 261 g/mol. The molecule has 7 heteroatoms. The Morgan fingerprint density at radius 3 is 2.95 bits per heavy atom. The summed E-state index contributed by atoms with van der Waals surface area (Å²) in [5, 5.41) is 21.8. The number of benzene rings is 1. The summed E-state index contributed by atoms with van der Waals surface area (Å²) in [5.41, 5.74) is 1.81. The Labute approximate surface area is 110 Å². The molecule has 0 aliphatic rings. The van der Waals surface area contributed by atoms with E-state index in [0.29, 0.717) is 6.54 Å². The second kappa shape index (κ2) is 5.57. The first-order chi connectivity index (χ1) is 9.06. The average Bonchev–Trinajstić information content (AvgIpc) is 2.82. The van der Waals surface area contributed by atoms with E-state index in [4.69, 9.17) is 0 Å². The maximum absolute atomic E-state index is 10.7. The standard InChI is InChI=1S/C12H15N5O2/c1-9(13-7-11-8-16(2)15-14-11)10-4-3-5-12(6-10)17(18)19/h3-6,8-9,13H,7H2,1-2H3. The minimum Gasteiger partial charge on any atom is -0.304 e. The van der Waals surface area contributed by atoms with Crippen molar-refractivity contribution < 1.29 is 4.92 Å². The van der Waals surface area contributed by atoms with Crippen molar-refractivity contribution in [2.75, 3.05) is 0 Å². The summed E-state index contributed by atoms with van der Waals surface area (Å²) >= 11 is 0. The molecule has 2 rings (SSSR count). The lowest BCUT2D eigenvalue weighted by Crippen LogP contribution is -2.18. The molecule has 0 fully saturated rings. The number of aromatic nitrogens is 3. The Balaban J connectivity index is 2.01. The molecular formula is C12H15N5O2. The van der Waals surface area contributed by atoms with Gasteiger partial charge in [-0.3, -0.25) is 14.8 Å². The van der Waals surface area contributed by atoms with Crippen LogP contribution in [0.5, 0.6) is 0 Å². The first-order valence-electron chi connectivity index (χ1n) is 5.89. The van der Waals surface area contributed by atoms with Gasteiger partial charge in [0.1, 0.15) is 0 Å². The third-order valence-corrected chi connectivity index (χ3v) is 2.82. The number of aryl methyl sites for hydroxylation is 1. The van der Waals surface area contributed by atoms with E-state index in [1.54, 1.807) is 23.9 Å². The van der Waals surface area contributed by atoms with Gasteiger partial charge in [-0.05, 0) is 12.5 Å². The van der Waals surface area contributed by atoms with Gasteiger partial charge in [0.05, 0.1) is 10.6 Å². The van der Waals surface area contributed by atoms with Gasteiger partial charge < -0.3 is 5.32 Å². The van der Waals surface area contributed by atoms with E-state index in [0.717, 1.165) is 11.3 Å². The summed E-state index contributed by atoms with van der Waals surface area (Å²) in [6, 6.07) is 6.62. The van der Waals surface area contributed by atoms with Crippen molar-refractivity contribution in [3.05, 3.63) is 51.8 Å². The van der Waals surface area contributed by atoms with Crippen LogP contribution in [-0.4, -0.2) is 19.9 Å². The van der Waals surface area contributed by atoms with Crippen molar-refractivity contribution in [3.63, 3.8) is 0 Å². The SMILES string of the molecule is CC(NCc1cn(C)nn1)c1cccc([N+](=O)[O-])c1. The van der Waals surface area contributed by atoms with Crippen LogP contribution in [0.2, 0.25) is 0 Å². The molecule has 19 heavy (non-hydrogen) atoms. The predicted molar refractivity (Wildman–Crippen MR) is 69.4 cm³/mol. The van der Waals surface area contributed by atoms with E-state index >= 15 is 0 Å². The van der Waals surface area contributed by atoms with Gasteiger partial charge in [-0.2, -0.15) is 0 Å². The molecule has 0 saturated heterocycles. The number of nitro benzene ring substituents is 1. The molecule has 7 nitrogen and oxygen atoms in total. The number of nitrogens with one attached hydrogen (secondary N) is 1. The van der Waals surface area contributed by atoms with Crippen LogP contribution in [0.25, 0.3) is 0 Å². The number of hydrogen-bond acceptors (Lipinski definition) is 5. The van der Waals surface area contributed by atoms with E-state index in [-0.39, 0.29) is 16.7 Å². The summed E-state index contributed by atoms with van der Waals surface area (Å²) in [5.74, 6) is 0. The molecule has 1 heterocycles. The van der Waals surface area contributed by atoms with Crippen molar-refractivity contribution in [2.24, 2.45) is 7.05 Å². The highest BCUT2D eigenvalue weighted by Crippen LogP contribution is 2.19. The average molecular weight is 261 g/mol. The van der Waals surface area contributed by atoms with Crippen molar-refractivity contribution in [3.8, 4) is 0 Å². The van der Waals surface area contributed by atoms with Gasteiger partial charge in [0.15, 0.2) is 0 Å². The van der Waals surface area contributed by atoms with Gasteiger partial charge >= 0.3 is 0 Å². The molecule has 1 unspecified atom stereocenters. The lowest BCUT2D eigenvalue weighted by atomic mass is 10.1. The Morgan fingerprint density at radius 1 is 1.53 bits per heavy atom. The van der Waals surface area contributed by atoms with E-state index in [9.17, 15) is 10.1 Å². The fourth-order valence-electron chi connectivity index (χ4n) is 1.76. The third kappa shape index (κ3) is 3.35. The van der Waals surface area contributed by atoms with Crippen molar-refractivity contribution in [1.29, 1.82) is 0 Å². The van der Waals surface area contributed by atoms with E-state index in [1.807, 2.05) is 19.2 Å². The topological polar surface area (TPSA) is 85.9 Å². The Morgan fingerprint density at radius 2 is 2.32 bits per heavy atom. The molecule has 100 valence electrons. The van der Waals surface area contributed by atoms with E-state index in [2.05, 4.69) is 15.6 Å². The van der Waals surface area contributed by atoms with Crippen LogP contribution in [-0.2, 0) is 13.6 Å². The first kappa shape index (κ1) is 13.2. The van der Waals surface area contributed by atoms with Crippen molar-refractivity contribution in [1.82, 2.24) is 20.3 Å². The molecule has 0 amide bonds. The maximum atomic E-state index is 10.7. The first-order valence-corrected chi connectivity index (χ1v) is 5.89. The largest absolute Gasteiger partial charge is 0.304 e. The van der Waals surface area contributed by atoms with Gasteiger partial charge in [-0.1, -0.05) is 17.3 Å². The minimum atomic E-state index is -0.390. The summed E-state index contributed by atoms with van der Waals surface area (Å²) in [4.78, 5) is 10.3. The molecule has 0 spiro atoms. The molecule has 0 saturated carbocycles. The third-order valence-electron chi connectivity index (χ3n) is 2.82. The van der Waals surface area contributed by atoms with Gasteiger partial charge in [0, 0.05) is 38.0 Å². The summed E-state index contributed by atoms with van der Waals surface area (Å²) in [7, 11) is 1.81. The van der Waals surface area contributed by atoms with Crippen LogP contribution in [0.15, 0.2) is 30.5 Å². The van der Waals surface area contributed by atoms with Crippen molar-refractivity contribution >= 4 is 5.69 Å². The molecule has 0 aliphatic heterocycles. The summed E-state index contributed by atoms with van der Waals surface area (Å²) < 4.78 is 1.63. The molecular weight excluding hydrogens is 246 g/mol. The highest BCUT2D eigenvalue weighted by molar-refractivity contribution is 5.35. The van der Waals surface area contributed by atoms with Crippen LogP contribution in [0.4, 0.5) is 5.69 Å². The number of nitrogens with zero attached hydrogens (tertiary/aromatic N) is 4. The zero-order chi connectivity index (χ0) is 13.8. The molecule has 0 aliphatic carbocycles. The second-order valence-electron chi connectivity index (χ2n) is 4.34. The van der Waals surface area contributed by atoms with E-state index in [1.165, 1.54) is 6.07 Å². The fourth-order valence-corrected chi connectivity index (χ4v) is 1.76. The molecule has 0 radical (unpaired) electrons. The predicted octanol–water partition coefficient (Wildman–Crippen LogP) is 1.57. The molecule has 1 N–H and O–H groups in total. The van der Waals surface area contributed by atoms with Gasteiger partial charge in [-0.15, -0.1) is 5.10 Å². The van der Waals surface area contributed by atoms with Gasteiger partial charge in [0.25, 0.3) is 5.69 Å². The normalized spacial score (nSPS) is 12.3. The lowest BCUT2D eigenvalue weighted by molar-refractivity contribution is -0.384. The fraction of sp³-hybridized carbons (Fsp3) is 0.333. The molecule has 2 aromatic rings. The minimum absolute atomic E-state index is 0.00176. The molecule has 1 atom stereocenters. The van der Waals surface area contributed by atoms with Crippen molar-refractivity contribution in [2.45, 2.75) is 19.5 Å². The number of hydrogen-bond donors (Lipinski definition) is 1. The highest BCUT2D eigenvalue weighted by atomic mass is 16.6. The number of rotatable bonds is 5. The lowest BCUT2D eigenvalue weighted by Gasteiger charge is -2.12. The Hall–Kier alpha value is -2.28. The van der Waals surface area contributed by atoms with E-state index < -0.39 is 0 Å². The van der Waals surface area contributed by atoms with Gasteiger partial charge in [0.2, 0.25) is 0 Å². The number of non-ortho nitro benzene ring substituents is 1. The zero-order valence-electron chi connectivity index (χ0n) is 10.8. The second-order valence-corrected chi connectivity index (χ2v) is 4.34. The van der Waals surface area contributed by atoms with Crippen LogP contribution in [0.3, 0.4) is 0 Å². The van der Waals surface area contributed by atoms with Crippen LogP contribution in [0, 0.1) is 10.1 Å². The highest BCUT2D eigenvalue weighted by Gasteiger charge is 2.11. The Bertz CT molecular complexity index is 581. The summed E-state index contributed by atoms with van der Waals surface area (Å²) in [6.45, 7) is 2.52. The van der Waals surface area contributed by atoms with Crippen LogP contribution < -0.4 is 5.32 Å². The quantitative estimate of drug-likeness (QED) is 0.652. The summed E-state index contributed by atoms with van der Waals surface area (Å²) in [6.07, 6.45) is 1.83. The Kier molecular flexibility index (Phi) is 3.86. The molecule has 1 aromatic carbocycles. The van der Waals surface area contributed by atoms with Crippen LogP contribution in [0.1, 0.15) is 24.2 Å². The molecule has 1 aromatic heterocycles. The van der Waals surface area contributed by atoms with Gasteiger partial charge in [-0.25, -0.2) is 0 Å². The zero-order valence-corrected chi connectivity index (χ0v) is 10.8. The maximum Gasteiger partial charge on any atom is 0.269 e. The van der Waals surface area contributed by atoms with Crippen LogP contribution >= 0.6 is 0 Å².